The molecule has 0 aliphatic carbocycles. The molecular formula is C13H13NO2. The van der Waals surface area contributed by atoms with E-state index in [1.165, 1.54) is 0 Å². The van der Waals surface area contributed by atoms with E-state index in [4.69, 9.17) is 11.2 Å². The van der Waals surface area contributed by atoms with E-state index < -0.39 is 5.60 Å². The van der Waals surface area contributed by atoms with E-state index in [1.54, 1.807) is 19.9 Å². The van der Waals surface area contributed by atoms with Gasteiger partial charge < -0.3 is 10.1 Å². The number of benzene rings is 1. The van der Waals surface area contributed by atoms with Crippen molar-refractivity contribution in [2.45, 2.75) is 26.0 Å². The fourth-order valence-electron chi connectivity index (χ4n) is 1.58. The van der Waals surface area contributed by atoms with E-state index in [0.29, 0.717) is 17.9 Å². The van der Waals surface area contributed by atoms with E-state index in [-0.39, 0.29) is 5.91 Å². The summed E-state index contributed by atoms with van der Waals surface area (Å²) in [5, 5.41) is 2.75. The lowest BCUT2D eigenvalue weighted by atomic mass is 10.1. The maximum Gasteiger partial charge on any atom is 0.252 e. The molecule has 0 bridgehead atoms. The molecule has 0 spiro atoms. The Labute approximate surface area is 94.8 Å². The number of carbonyl (C=O) groups is 1. The number of nitrogens with one attached hydrogen (secondary N) is 1. The number of carbonyl (C=O) groups excluding carboxylic acids is 1. The molecule has 3 nitrogen and oxygen atoms in total. The highest BCUT2D eigenvalue weighted by Crippen LogP contribution is 2.24. The van der Waals surface area contributed by atoms with Gasteiger partial charge in [0.2, 0.25) is 0 Å². The van der Waals surface area contributed by atoms with Crippen LogP contribution in [0.25, 0.3) is 0 Å². The largest absolute Gasteiger partial charge is 0.475 e. The number of hydrogen-bond acceptors (Lipinski definition) is 2. The number of ether oxygens (including phenoxy) is 1. The van der Waals surface area contributed by atoms with Crippen molar-refractivity contribution in [2.24, 2.45) is 0 Å². The average molecular weight is 215 g/mol. The molecule has 1 amide bonds. The quantitative estimate of drug-likeness (QED) is 0.763. The Morgan fingerprint density at radius 1 is 1.50 bits per heavy atom. The van der Waals surface area contributed by atoms with Crippen molar-refractivity contribution in [2.75, 3.05) is 0 Å². The van der Waals surface area contributed by atoms with Gasteiger partial charge in [0.05, 0.1) is 0 Å². The van der Waals surface area contributed by atoms with Crippen LogP contribution in [-0.4, -0.2) is 11.5 Å². The Kier molecular flexibility index (Phi) is 2.35. The van der Waals surface area contributed by atoms with E-state index in [2.05, 4.69) is 11.2 Å². The van der Waals surface area contributed by atoms with E-state index in [0.717, 1.165) is 5.56 Å². The van der Waals surface area contributed by atoms with Gasteiger partial charge in [-0.1, -0.05) is 12.0 Å². The van der Waals surface area contributed by atoms with Crippen molar-refractivity contribution >= 4 is 5.91 Å². The van der Waals surface area contributed by atoms with Gasteiger partial charge in [0.25, 0.3) is 5.91 Å². The van der Waals surface area contributed by atoms with Crippen LogP contribution >= 0.6 is 0 Å². The van der Waals surface area contributed by atoms with Crippen LogP contribution in [0.4, 0.5) is 0 Å². The van der Waals surface area contributed by atoms with Gasteiger partial charge in [0.15, 0.2) is 5.60 Å². The summed E-state index contributed by atoms with van der Waals surface area (Å²) in [6.07, 6.45) is 5.34. The SMILES string of the molecule is C#CC(C)(C)Oc1ccc2c(c1)C(=O)NC2. The zero-order chi connectivity index (χ0) is 11.8. The van der Waals surface area contributed by atoms with Crippen LogP contribution in [0.1, 0.15) is 29.8 Å². The van der Waals surface area contributed by atoms with Crippen molar-refractivity contribution in [1.29, 1.82) is 0 Å². The first kappa shape index (κ1) is 10.6. The second-order valence-corrected chi connectivity index (χ2v) is 4.26. The lowest BCUT2D eigenvalue weighted by Crippen LogP contribution is -2.25. The molecule has 3 heteroatoms. The third-order valence-corrected chi connectivity index (χ3v) is 2.49. The first-order valence-corrected chi connectivity index (χ1v) is 5.10. The van der Waals surface area contributed by atoms with E-state index in [1.807, 2.05) is 12.1 Å². The minimum atomic E-state index is -0.663. The first-order chi connectivity index (χ1) is 7.52. The average Bonchev–Trinajstić information content (AvgIpc) is 2.60. The Morgan fingerprint density at radius 3 is 2.94 bits per heavy atom. The fourth-order valence-corrected chi connectivity index (χ4v) is 1.58. The summed E-state index contributed by atoms with van der Waals surface area (Å²) >= 11 is 0. The van der Waals surface area contributed by atoms with Crippen molar-refractivity contribution in [3.8, 4) is 18.1 Å². The molecule has 1 aliphatic rings. The number of amides is 1. The molecule has 1 aromatic carbocycles. The summed E-state index contributed by atoms with van der Waals surface area (Å²) in [4.78, 5) is 11.4. The minimum Gasteiger partial charge on any atom is -0.475 e. The highest BCUT2D eigenvalue weighted by atomic mass is 16.5. The highest BCUT2D eigenvalue weighted by molar-refractivity contribution is 5.98. The molecule has 2 rings (SSSR count). The van der Waals surface area contributed by atoms with Crippen LogP contribution in [0.15, 0.2) is 18.2 Å². The number of hydrogen-bond donors (Lipinski definition) is 1. The smallest absolute Gasteiger partial charge is 0.252 e. The van der Waals surface area contributed by atoms with Gasteiger partial charge in [-0.25, -0.2) is 0 Å². The third-order valence-electron chi connectivity index (χ3n) is 2.49. The number of fused-ring (bicyclic) bond motifs is 1. The molecule has 0 unspecified atom stereocenters. The topological polar surface area (TPSA) is 38.3 Å². The maximum atomic E-state index is 11.4. The second kappa shape index (κ2) is 3.57. The Bertz CT molecular complexity index is 483. The monoisotopic (exact) mass is 215 g/mol. The predicted molar refractivity (Wildman–Crippen MR) is 61.2 cm³/mol. The van der Waals surface area contributed by atoms with Crippen molar-refractivity contribution in [1.82, 2.24) is 5.32 Å². The van der Waals surface area contributed by atoms with Crippen molar-refractivity contribution in [3.63, 3.8) is 0 Å². The Hall–Kier alpha value is -1.95. The van der Waals surface area contributed by atoms with E-state index in [9.17, 15) is 4.79 Å². The van der Waals surface area contributed by atoms with Gasteiger partial charge >= 0.3 is 0 Å². The van der Waals surface area contributed by atoms with Crippen LogP contribution in [0, 0.1) is 12.3 Å². The molecule has 0 aromatic heterocycles. The van der Waals surface area contributed by atoms with Crippen LogP contribution < -0.4 is 10.1 Å². The Balaban J connectivity index is 2.29. The van der Waals surface area contributed by atoms with Crippen LogP contribution in [-0.2, 0) is 6.54 Å². The molecule has 0 saturated carbocycles. The zero-order valence-corrected chi connectivity index (χ0v) is 9.33. The Morgan fingerprint density at radius 2 is 2.25 bits per heavy atom. The number of terminal acetylenes is 1. The zero-order valence-electron chi connectivity index (χ0n) is 9.33. The number of rotatable bonds is 2. The summed E-state index contributed by atoms with van der Waals surface area (Å²) in [6, 6.07) is 5.45. The van der Waals surface area contributed by atoms with Crippen LogP contribution in [0.2, 0.25) is 0 Å². The molecule has 0 radical (unpaired) electrons. The molecule has 1 aliphatic heterocycles. The summed E-state index contributed by atoms with van der Waals surface area (Å²) in [5.74, 6) is 3.11. The summed E-state index contributed by atoms with van der Waals surface area (Å²) in [5.41, 5.74) is 1.00. The molecule has 0 atom stereocenters. The fraction of sp³-hybridized carbons (Fsp3) is 0.308. The third kappa shape index (κ3) is 1.87. The van der Waals surface area contributed by atoms with Crippen LogP contribution in [0.3, 0.4) is 0 Å². The molecule has 82 valence electrons. The molecule has 1 heterocycles. The predicted octanol–water partition coefficient (Wildman–Crippen LogP) is 1.72. The van der Waals surface area contributed by atoms with Gasteiger partial charge in [-0.3, -0.25) is 4.79 Å². The van der Waals surface area contributed by atoms with E-state index >= 15 is 0 Å². The van der Waals surface area contributed by atoms with Gasteiger partial charge in [-0.05, 0) is 31.5 Å². The molecule has 1 aromatic rings. The first-order valence-electron chi connectivity index (χ1n) is 5.10. The molecular weight excluding hydrogens is 202 g/mol. The summed E-state index contributed by atoms with van der Waals surface area (Å²) < 4.78 is 5.61. The molecule has 1 N–H and O–H groups in total. The standard InChI is InChI=1S/C13H13NO2/c1-4-13(2,3)16-10-6-5-9-8-14-12(15)11(9)7-10/h1,5-7H,8H2,2-3H3,(H,14,15). The maximum absolute atomic E-state index is 11.4. The minimum absolute atomic E-state index is 0.0565. The van der Waals surface area contributed by atoms with Gasteiger partial charge in [-0.15, -0.1) is 6.42 Å². The van der Waals surface area contributed by atoms with Crippen LogP contribution in [0.5, 0.6) is 5.75 Å². The second-order valence-electron chi connectivity index (χ2n) is 4.26. The molecule has 0 saturated heterocycles. The normalized spacial score (nSPS) is 13.9. The van der Waals surface area contributed by atoms with Gasteiger partial charge in [-0.2, -0.15) is 0 Å². The van der Waals surface area contributed by atoms with Gasteiger partial charge in [0.1, 0.15) is 5.75 Å². The molecule has 0 fully saturated rings. The summed E-state index contributed by atoms with van der Waals surface area (Å²) in [7, 11) is 0. The molecule has 16 heavy (non-hydrogen) atoms. The summed E-state index contributed by atoms with van der Waals surface area (Å²) in [6.45, 7) is 4.20. The van der Waals surface area contributed by atoms with Crippen molar-refractivity contribution < 1.29 is 9.53 Å². The lowest BCUT2D eigenvalue weighted by Gasteiger charge is -2.20. The van der Waals surface area contributed by atoms with Gasteiger partial charge in [0, 0.05) is 12.1 Å². The van der Waals surface area contributed by atoms with Crippen molar-refractivity contribution in [3.05, 3.63) is 29.3 Å². The lowest BCUT2D eigenvalue weighted by molar-refractivity contribution is 0.0964. The highest BCUT2D eigenvalue weighted by Gasteiger charge is 2.21.